The van der Waals surface area contributed by atoms with Crippen LogP contribution in [0.1, 0.15) is 28.5 Å². The number of rotatable bonds is 8. The minimum atomic E-state index is -0.416. The molecule has 2 aromatic rings. The van der Waals surface area contributed by atoms with E-state index in [9.17, 15) is 14.0 Å². The Morgan fingerprint density at radius 2 is 2.00 bits per heavy atom. The highest BCUT2D eigenvalue weighted by molar-refractivity contribution is 5.94. The number of methoxy groups -OCH3 is 1. The van der Waals surface area contributed by atoms with Gasteiger partial charge in [0.05, 0.1) is 6.54 Å². The van der Waals surface area contributed by atoms with Crippen LogP contribution in [0, 0.1) is 5.82 Å². The van der Waals surface area contributed by atoms with Crippen molar-refractivity contribution in [3.8, 4) is 0 Å². The van der Waals surface area contributed by atoms with Crippen LogP contribution in [0.15, 0.2) is 28.8 Å². The Bertz CT molecular complexity index is 687. The third-order valence-electron chi connectivity index (χ3n) is 2.97. The third-order valence-corrected chi connectivity index (χ3v) is 2.97. The number of nitrogens with zero attached hydrogens (tertiary/aromatic N) is 2. The Kier molecular flexibility index (Phi) is 6.38. The summed E-state index contributed by atoms with van der Waals surface area (Å²) in [6.07, 6.45) is 0.0930. The van der Waals surface area contributed by atoms with Gasteiger partial charge in [0.2, 0.25) is 5.91 Å². The molecule has 9 heteroatoms. The number of halogens is 1. The highest BCUT2D eigenvalue weighted by Crippen LogP contribution is 2.02. The summed E-state index contributed by atoms with van der Waals surface area (Å²) < 4.78 is 22.5. The summed E-state index contributed by atoms with van der Waals surface area (Å²) in [5, 5.41) is 8.87. The number of aromatic nitrogens is 2. The van der Waals surface area contributed by atoms with Crippen LogP contribution < -0.4 is 10.6 Å². The number of ether oxygens (including phenoxy) is 1. The van der Waals surface area contributed by atoms with Gasteiger partial charge in [0, 0.05) is 25.6 Å². The van der Waals surface area contributed by atoms with Crippen molar-refractivity contribution in [3.63, 3.8) is 0 Å². The van der Waals surface area contributed by atoms with Crippen molar-refractivity contribution in [1.82, 2.24) is 20.8 Å². The van der Waals surface area contributed by atoms with Crippen molar-refractivity contribution >= 4 is 11.8 Å². The first kappa shape index (κ1) is 17.5. The number of nitrogens with one attached hydrogen (secondary N) is 2. The van der Waals surface area contributed by atoms with Crippen molar-refractivity contribution in [2.24, 2.45) is 0 Å². The monoisotopic (exact) mass is 336 g/mol. The van der Waals surface area contributed by atoms with Gasteiger partial charge in [-0.05, 0) is 24.3 Å². The van der Waals surface area contributed by atoms with E-state index in [1.807, 2.05) is 0 Å². The van der Waals surface area contributed by atoms with Crippen molar-refractivity contribution < 1.29 is 23.2 Å². The molecule has 0 aliphatic carbocycles. The summed E-state index contributed by atoms with van der Waals surface area (Å²) in [5.41, 5.74) is 0.328. The fourth-order valence-electron chi connectivity index (χ4n) is 1.80. The lowest BCUT2D eigenvalue weighted by Crippen LogP contribution is -2.30. The van der Waals surface area contributed by atoms with E-state index < -0.39 is 5.82 Å². The van der Waals surface area contributed by atoms with Crippen LogP contribution in [0.2, 0.25) is 0 Å². The van der Waals surface area contributed by atoms with Gasteiger partial charge in [0.1, 0.15) is 12.4 Å². The van der Waals surface area contributed by atoms with Crippen LogP contribution >= 0.6 is 0 Å². The van der Waals surface area contributed by atoms with Crippen LogP contribution in [0.3, 0.4) is 0 Å². The summed E-state index contributed by atoms with van der Waals surface area (Å²) in [4.78, 5) is 27.5. The quantitative estimate of drug-likeness (QED) is 0.738. The standard InChI is InChI=1S/C15H17FN4O4/c1-23-9-14-19-12(20-24-14)8-18-13(21)6-7-17-15(22)10-2-4-11(16)5-3-10/h2-5H,6-9H2,1H3,(H,17,22)(H,18,21). The SMILES string of the molecule is COCc1nc(CNC(=O)CCNC(=O)c2ccc(F)cc2)no1. The summed E-state index contributed by atoms with van der Waals surface area (Å²) in [5.74, 6) is -0.391. The normalized spacial score (nSPS) is 10.4. The summed E-state index contributed by atoms with van der Waals surface area (Å²) in [7, 11) is 1.51. The first-order valence-corrected chi connectivity index (χ1v) is 7.19. The minimum absolute atomic E-state index is 0.0930. The molecule has 0 aliphatic heterocycles. The van der Waals surface area contributed by atoms with E-state index in [0.717, 1.165) is 0 Å². The zero-order valence-corrected chi connectivity index (χ0v) is 13.0. The molecule has 1 heterocycles. The van der Waals surface area contributed by atoms with E-state index in [4.69, 9.17) is 9.26 Å². The molecule has 0 unspecified atom stereocenters. The third kappa shape index (κ3) is 5.43. The average Bonchev–Trinajstić information content (AvgIpc) is 3.01. The highest BCUT2D eigenvalue weighted by atomic mass is 19.1. The van der Waals surface area contributed by atoms with Gasteiger partial charge in [-0.15, -0.1) is 0 Å². The van der Waals surface area contributed by atoms with E-state index in [1.54, 1.807) is 0 Å². The lowest BCUT2D eigenvalue weighted by molar-refractivity contribution is -0.121. The smallest absolute Gasteiger partial charge is 0.252 e. The topological polar surface area (TPSA) is 106 Å². The Morgan fingerprint density at radius 1 is 1.25 bits per heavy atom. The van der Waals surface area contributed by atoms with Crippen molar-refractivity contribution in [2.45, 2.75) is 19.6 Å². The van der Waals surface area contributed by atoms with Gasteiger partial charge in [-0.25, -0.2) is 4.39 Å². The molecule has 0 saturated heterocycles. The number of carbonyl (C=O) groups is 2. The zero-order valence-electron chi connectivity index (χ0n) is 13.0. The predicted molar refractivity (Wildman–Crippen MR) is 80.2 cm³/mol. The van der Waals surface area contributed by atoms with Crippen molar-refractivity contribution in [2.75, 3.05) is 13.7 Å². The summed E-state index contributed by atoms with van der Waals surface area (Å²) >= 11 is 0. The fraction of sp³-hybridized carbons (Fsp3) is 0.333. The number of amides is 2. The van der Waals surface area contributed by atoms with E-state index >= 15 is 0 Å². The molecule has 0 bridgehead atoms. The first-order valence-electron chi connectivity index (χ1n) is 7.19. The molecule has 0 spiro atoms. The molecule has 2 amide bonds. The number of hydrogen-bond acceptors (Lipinski definition) is 6. The maximum atomic E-state index is 12.8. The molecule has 1 aromatic carbocycles. The molecule has 2 rings (SSSR count). The van der Waals surface area contributed by atoms with Crippen molar-refractivity contribution in [1.29, 1.82) is 0 Å². The van der Waals surface area contributed by atoms with Crippen molar-refractivity contribution in [3.05, 3.63) is 47.4 Å². The maximum absolute atomic E-state index is 12.8. The molecule has 24 heavy (non-hydrogen) atoms. The van der Waals surface area contributed by atoms with Crippen LogP contribution in [0.4, 0.5) is 4.39 Å². The van der Waals surface area contributed by atoms with Crippen LogP contribution in [-0.4, -0.2) is 35.6 Å². The second-order valence-corrected chi connectivity index (χ2v) is 4.83. The molecule has 8 nitrogen and oxygen atoms in total. The lowest BCUT2D eigenvalue weighted by atomic mass is 10.2. The van der Waals surface area contributed by atoms with Gasteiger partial charge in [0.15, 0.2) is 5.82 Å². The van der Waals surface area contributed by atoms with E-state index in [-0.39, 0.29) is 37.9 Å². The van der Waals surface area contributed by atoms with Crippen LogP contribution in [0.25, 0.3) is 0 Å². The predicted octanol–water partition coefficient (Wildman–Crippen LogP) is 0.791. The molecule has 0 atom stereocenters. The Hall–Kier alpha value is -2.81. The maximum Gasteiger partial charge on any atom is 0.252 e. The Balaban J connectivity index is 1.67. The number of benzene rings is 1. The molecule has 0 fully saturated rings. The fourth-order valence-corrected chi connectivity index (χ4v) is 1.80. The Morgan fingerprint density at radius 3 is 2.71 bits per heavy atom. The first-order chi connectivity index (χ1) is 11.6. The number of hydrogen-bond donors (Lipinski definition) is 2. The highest BCUT2D eigenvalue weighted by Gasteiger charge is 2.09. The van der Waals surface area contributed by atoms with E-state index in [0.29, 0.717) is 17.3 Å². The van der Waals surface area contributed by atoms with E-state index in [1.165, 1.54) is 31.4 Å². The van der Waals surface area contributed by atoms with Gasteiger partial charge in [0.25, 0.3) is 11.8 Å². The zero-order chi connectivity index (χ0) is 17.4. The van der Waals surface area contributed by atoms with Gasteiger partial charge in [-0.3, -0.25) is 9.59 Å². The summed E-state index contributed by atoms with van der Waals surface area (Å²) in [6, 6.07) is 5.14. The second-order valence-electron chi connectivity index (χ2n) is 4.83. The van der Waals surface area contributed by atoms with Gasteiger partial charge in [-0.2, -0.15) is 4.98 Å². The molecule has 0 saturated carbocycles. The number of carbonyl (C=O) groups excluding carboxylic acids is 2. The van der Waals surface area contributed by atoms with Gasteiger partial charge in [-0.1, -0.05) is 5.16 Å². The molecule has 0 aliphatic rings. The second kappa shape index (κ2) is 8.73. The van der Waals surface area contributed by atoms with Gasteiger partial charge < -0.3 is 19.9 Å². The molecule has 128 valence electrons. The summed E-state index contributed by atoms with van der Waals surface area (Å²) in [6.45, 7) is 0.484. The largest absolute Gasteiger partial charge is 0.375 e. The lowest BCUT2D eigenvalue weighted by Gasteiger charge is -2.05. The molecule has 1 aromatic heterocycles. The molecule has 2 N–H and O–H groups in total. The molecule has 0 radical (unpaired) electrons. The Labute approximate surface area is 137 Å². The van der Waals surface area contributed by atoms with Gasteiger partial charge >= 0.3 is 0 Å². The molecular weight excluding hydrogens is 319 g/mol. The van der Waals surface area contributed by atoms with Crippen LogP contribution in [0.5, 0.6) is 0 Å². The molecular formula is C15H17FN4O4. The van der Waals surface area contributed by atoms with Crippen LogP contribution in [-0.2, 0) is 22.7 Å². The average molecular weight is 336 g/mol. The van der Waals surface area contributed by atoms with E-state index in [2.05, 4.69) is 20.8 Å². The minimum Gasteiger partial charge on any atom is -0.375 e.